The maximum Gasteiger partial charge on any atom is 0.335 e. The lowest BCUT2D eigenvalue weighted by atomic mass is 10.1. The molecule has 0 fully saturated rings. The molecule has 0 spiro atoms. The van der Waals surface area contributed by atoms with Crippen LogP contribution in [0.3, 0.4) is 0 Å². The molecule has 1 atom stereocenters. The van der Waals surface area contributed by atoms with Crippen LogP contribution in [0.5, 0.6) is 5.75 Å². The minimum Gasteiger partial charge on any atom is -0.489 e. The van der Waals surface area contributed by atoms with Crippen molar-refractivity contribution in [2.24, 2.45) is 0 Å². The fraction of sp³-hybridized carbons (Fsp3) is 0.119. The number of amides is 5. The van der Waals surface area contributed by atoms with Crippen molar-refractivity contribution in [3.63, 3.8) is 0 Å². The van der Waals surface area contributed by atoms with Crippen LogP contribution in [0.1, 0.15) is 77.2 Å². The zero-order chi connectivity index (χ0) is 43.5. The Balaban J connectivity index is 1.08. The SMILES string of the molecule is CC(C)Oc1cc(C(=O)Nc2ccc(C(=O)O)cc2)ccc1NC(=O)c1ccc(NC(=O)[C@H](Cc2cn[nH]n2)NC(=O)c2ccc(NC(=O)c3ccc(C#N)cc3)cn2)cn1. The van der Waals surface area contributed by atoms with Gasteiger partial charge in [0.25, 0.3) is 23.6 Å². The number of aromatic carboxylic acids is 1. The van der Waals surface area contributed by atoms with E-state index in [4.69, 9.17) is 15.1 Å². The summed E-state index contributed by atoms with van der Waals surface area (Å²) in [6, 6.07) is 22.6. The normalized spacial score (nSPS) is 11.0. The number of carbonyl (C=O) groups is 6. The summed E-state index contributed by atoms with van der Waals surface area (Å²) in [4.78, 5) is 85.1. The summed E-state index contributed by atoms with van der Waals surface area (Å²) in [5.74, 6) is -3.78. The Morgan fingerprint density at radius 3 is 1.87 bits per heavy atom. The van der Waals surface area contributed by atoms with E-state index >= 15 is 0 Å². The molecule has 6 rings (SSSR count). The number of nitrogens with zero attached hydrogens (tertiary/aromatic N) is 5. The monoisotopic (exact) mass is 821 g/mol. The number of rotatable bonds is 15. The summed E-state index contributed by atoms with van der Waals surface area (Å²) in [6.45, 7) is 3.55. The molecule has 19 nitrogen and oxygen atoms in total. The van der Waals surface area contributed by atoms with Gasteiger partial charge in [-0.25, -0.2) is 14.8 Å². The van der Waals surface area contributed by atoms with Gasteiger partial charge in [0.05, 0.1) is 64.6 Å². The summed E-state index contributed by atoms with van der Waals surface area (Å²) in [6.07, 6.45) is 3.56. The van der Waals surface area contributed by atoms with Crippen molar-refractivity contribution in [3.8, 4) is 11.8 Å². The Morgan fingerprint density at radius 2 is 1.28 bits per heavy atom. The zero-order valence-corrected chi connectivity index (χ0v) is 32.3. The highest BCUT2D eigenvalue weighted by Gasteiger charge is 2.25. The molecular formula is C42H35N11O8. The number of pyridine rings is 2. The number of carbonyl (C=O) groups excluding carboxylic acids is 5. The van der Waals surface area contributed by atoms with Crippen molar-refractivity contribution in [3.05, 3.63) is 149 Å². The quantitative estimate of drug-likeness (QED) is 0.0741. The summed E-state index contributed by atoms with van der Waals surface area (Å²) < 4.78 is 5.89. The molecule has 19 heteroatoms. The number of aromatic nitrogens is 5. The first kappa shape index (κ1) is 41.8. The van der Waals surface area contributed by atoms with Gasteiger partial charge in [0.15, 0.2) is 0 Å². The van der Waals surface area contributed by atoms with E-state index in [9.17, 15) is 28.8 Å². The molecule has 5 amide bonds. The molecule has 61 heavy (non-hydrogen) atoms. The highest BCUT2D eigenvalue weighted by molar-refractivity contribution is 6.07. The number of benzene rings is 3. The zero-order valence-electron chi connectivity index (χ0n) is 32.3. The van der Waals surface area contributed by atoms with Gasteiger partial charge >= 0.3 is 5.97 Å². The third-order valence-electron chi connectivity index (χ3n) is 8.54. The molecule has 0 bridgehead atoms. The van der Waals surface area contributed by atoms with Gasteiger partial charge in [-0.05, 0) is 105 Å². The maximum absolute atomic E-state index is 13.5. The second-order valence-corrected chi connectivity index (χ2v) is 13.4. The van der Waals surface area contributed by atoms with Crippen molar-refractivity contribution in [2.45, 2.75) is 32.4 Å². The highest BCUT2D eigenvalue weighted by atomic mass is 16.5. The molecule has 7 N–H and O–H groups in total. The summed E-state index contributed by atoms with van der Waals surface area (Å²) >= 11 is 0. The van der Waals surface area contributed by atoms with Crippen LogP contribution in [0, 0.1) is 11.3 Å². The minimum absolute atomic E-state index is 0.0183. The molecule has 0 aliphatic heterocycles. The molecule has 306 valence electrons. The first-order valence-electron chi connectivity index (χ1n) is 18.3. The van der Waals surface area contributed by atoms with Gasteiger partial charge in [0.2, 0.25) is 5.91 Å². The number of hydrogen-bond acceptors (Lipinski definition) is 12. The van der Waals surface area contributed by atoms with Gasteiger partial charge in [-0.2, -0.15) is 20.7 Å². The Bertz CT molecular complexity index is 2610. The van der Waals surface area contributed by atoms with Crippen LogP contribution in [0.15, 0.2) is 110 Å². The fourth-order valence-electron chi connectivity index (χ4n) is 5.51. The average Bonchev–Trinajstić information content (AvgIpc) is 3.77. The van der Waals surface area contributed by atoms with Crippen LogP contribution >= 0.6 is 0 Å². The molecule has 0 unspecified atom stereocenters. The standard InChI is InChI=1S/C42H35N11O8/c1-23(2)61-36-17-27(38(55)47-28-10-7-26(8-11-28)42(59)60)9-14-32(36)50-39(56)33-16-13-30(21-45-33)49-41(58)35(18-31-22-46-53-52-31)51-40(57)34-15-12-29(20-44-34)48-37(54)25-5-3-24(19-43)4-6-25/h3-17,20-23,35H,18H2,1-2H3,(H,47,55)(H,48,54)(H,49,58)(H,50,56)(H,51,57)(H,59,60)(H,46,52,53)/t35-/m0/s1. The van der Waals surface area contributed by atoms with Gasteiger partial charge in [0, 0.05) is 23.2 Å². The lowest BCUT2D eigenvalue weighted by Crippen LogP contribution is -2.45. The smallest absolute Gasteiger partial charge is 0.335 e. The Kier molecular flexibility index (Phi) is 13.1. The van der Waals surface area contributed by atoms with E-state index in [0.29, 0.717) is 28.2 Å². The Morgan fingerprint density at radius 1 is 0.689 bits per heavy atom. The van der Waals surface area contributed by atoms with Crippen LogP contribution in [-0.4, -0.2) is 78.1 Å². The van der Waals surface area contributed by atoms with Crippen LogP contribution in [0.4, 0.5) is 22.7 Å². The lowest BCUT2D eigenvalue weighted by Gasteiger charge is -2.18. The number of aromatic amines is 1. The van der Waals surface area contributed by atoms with Crippen LogP contribution in [0.25, 0.3) is 0 Å². The van der Waals surface area contributed by atoms with Crippen LogP contribution in [0.2, 0.25) is 0 Å². The summed E-state index contributed by atoms with van der Waals surface area (Å²) in [5, 5.41) is 41.7. The third-order valence-corrected chi connectivity index (χ3v) is 8.54. The molecule has 0 aliphatic carbocycles. The number of carboxylic acids is 1. The summed E-state index contributed by atoms with van der Waals surface area (Å²) in [7, 11) is 0. The van der Waals surface area contributed by atoms with Crippen molar-refractivity contribution >= 4 is 58.3 Å². The van der Waals surface area contributed by atoms with E-state index < -0.39 is 41.5 Å². The molecule has 0 aliphatic rings. The van der Waals surface area contributed by atoms with Crippen molar-refractivity contribution in [2.75, 3.05) is 21.3 Å². The topological polar surface area (TPSA) is 283 Å². The average molecular weight is 822 g/mol. The largest absolute Gasteiger partial charge is 0.489 e. The number of anilines is 4. The Hall–Kier alpha value is -8.79. The van der Waals surface area contributed by atoms with Gasteiger partial charge in [-0.1, -0.05) is 0 Å². The first-order chi connectivity index (χ1) is 29.3. The minimum atomic E-state index is -1.17. The van der Waals surface area contributed by atoms with Gasteiger partial charge in [-0.15, -0.1) is 0 Å². The fourth-order valence-corrected chi connectivity index (χ4v) is 5.51. The highest BCUT2D eigenvalue weighted by Crippen LogP contribution is 2.28. The van der Waals surface area contributed by atoms with E-state index in [2.05, 4.69) is 52.0 Å². The number of nitrogens with one attached hydrogen (secondary N) is 6. The van der Waals surface area contributed by atoms with E-state index in [1.807, 2.05) is 6.07 Å². The molecule has 0 saturated heterocycles. The van der Waals surface area contributed by atoms with Gasteiger partial charge in [0.1, 0.15) is 23.2 Å². The Labute approximate surface area is 346 Å². The molecule has 0 saturated carbocycles. The van der Waals surface area contributed by atoms with E-state index in [1.165, 1.54) is 110 Å². The second-order valence-electron chi connectivity index (χ2n) is 13.4. The van der Waals surface area contributed by atoms with E-state index in [-0.39, 0.29) is 52.2 Å². The van der Waals surface area contributed by atoms with E-state index in [1.54, 1.807) is 13.8 Å². The van der Waals surface area contributed by atoms with Crippen molar-refractivity contribution < 1.29 is 38.6 Å². The predicted octanol–water partition coefficient (Wildman–Crippen LogP) is 4.69. The number of H-pyrrole nitrogens is 1. The molecule has 3 aromatic heterocycles. The third kappa shape index (κ3) is 11.2. The van der Waals surface area contributed by atoms with Gasteiger partial charge < -0.3 is 36.4 Å². The maximum atomic E-state index is 13.5. The number of hydrogen-bond donors (Lipinski definition) is 7. The van der Waals surface area contributed by atoms with Gasteiger partial charge in [-0.3, -0.25) is 24.0 Å². The molecule has 3 heterocycles. The number of nitriles is 1. The molecule has 3 aromatic carbocycles. The van der Waals surface area contributed by atoms with Crippen molar-refractivity contribution in [1.82, 2.24) is 30.7 Å². The predicted molar refractivity (Wildman–Crippen MR) is 219 cm³/mol. The first-order valence-corrected chi connectivity index (χ1v) is 18.3. The van der Waals surface area contributed by atoms with Crippen LogP contribution < -0.4 is 31.3 Å². The summed E-state index contributed by atoms with van der Waals surface area (Å²) in [5.41, 5.74) is 2.46. The molecular weight excluding hydrogens is 787 g/mol. The van der Waals surface area contributed by atoms with Crippen molar-refractivity contribution in [1.29, 1.82) is 5.26 Å². The second kappa shape index (κ2) is 19.1. The number of ether oxygens (including phenoxy) is 1. The molecule has 0 radical (unpaired) electrons. The molecule has 6 aromatic rings. The van der Waals surface area contributed by atoms with Crippen LogP contribution in [-0.2, 0) is 11.2 Å². The number of carboxylic acid groups (broad SMARTS) is 1. The van der Waals surface area contributed by atoms with E-state index in [0.717, 1.165) is 0 Å². The lowest BCUT2D eigenvalue weighted by molar-refractivity contribution is -0.118.